The zero-order chi connectivity index (χ0) is 15.5. The Hall–Kier alpha value is -0.340. The fraction of sp³-hybridized carbons (Fsp3) is 0.684. The van der Waals surface area contributed by atoms with Crippen LogP contribution >= 0.6 is 15.9 Å². The highest BCUT2D eigenvalue weighted by Crippen LogP contribution is 2.40. The predicted molar refractivity (Wildman–Crippen MR) is 95.5 cm³/mol. The van der Waals surface area contributed by atoms with E-state index in [1.54, 1.807) is 0 Å². The van der Waals surface area contributed by atoms with Gasteiger partial charge in [-0.3, -0.25) is 0 Å². The minimum atomic E-state index is 0.418. The molecule has 0 spiro atoms. The van der Waals surface area contributed by atoms with Crippen molar-refractivity contribution in [1.82, 2.24) is 5.32 Å². The molecule has 118 valence electrons. The van der Waals surface area contributed by atoms with E-state index in [0.717, 1.165) is 5.92 Å². The molecule has 1 unspecified atom stereocenters. The smallest absolute Gasteiger partial charge is 0.0305 e. The molecule has 0 aliphatic heterocycles. The van der Waals surface area contributed by atoms with Crippen LogP contribution < -0.4 is 5.32 Å². The van der Waals surface area contributed by atoms with E-state index in [1.165, 1.54) is 42.1 Å². The van der Waals surface area contributed by atoms with Crippen LogP contribution in [0.1, 0.15) is 71.4 Å². The Bertz CT molecular complexity index is 447. The average molecular weight is 352 g/mol. The lowest BCUT2D eigenvalue weighted by atomic mass is 9.69. The quantitative estimate of drug-likeness (QED) is 0.676. The van der Waals surface area contributed by atoms with Crippen LogP contribution in [-0.4, -0.2) is 6.04 Å². The van der Waals surface area contributed by atoms with Gasteiger partial charge in [-0.2, -0.15) is 0 Å². The minimum Gasteiger partial charge on any atom is -0.307 e. The van der Waals surface area contributed by atoms with Crippen LogP contribution in [0.4, 0.5) is 0 Å². The predicted octanol–water partition coefficient (Wildman–Crippen LogP) is 6.09. The van der Waals surface area contributed by atoms with Crippen molar-refractivity contribution in [2.75, 3.05) is 0 Å². The molecule has 21 heavy (non-hydrogen) atoms. The molecular formula is C19H30BrN. The van der Waals surface area contributed by atoms with E-state index in [0.29, 0.717) is 17.5 Å². The number of hydrogen-bond donors (Lipinski definition) is 1. The molecule has 1 aliphatic rings. The topological polar surface area (TPSA) is 12.0 Å². The Kier molecular flexibility index (Phi) is 5.90. The Morgan fingerprint density at radius 2 is 1.81 bits per heavy atom. The van der Waals surface area contributed by atoms with E-state index in [9.17, 15) is 0 Å². The second kappa shape index (κ2) is 7.28. The molecule has 2 heteroatoms. The van der Waals surface area contributed by atoms with Crippen LogP contribution in [0.15, 0.2) is 28.7 Å². The van der Waals surface area contributed by atoms with Crippen molar-refractivity contribution >= 4 is 15.9 Å². The molecule has 1 aromatic carbocycles. The van der Waals surface area contributed by atoms with Gasteiger partial charge in [-0.15, -0.1) is 0 Å². The maximum Gasteiger partial charge on any atom is 0.0305 e. The van der Waals surface area contributed by atoms with Crippen LogP contribution in [-0.2, 0) is 0 Å². The summed E-state index contributed by atoms with van der Waals surface area (Å²) in [5, 5.41) is 3.84. The normalized spacial score (nSPS) is 24.8. The summed E-state index contributed by atoms with van der Waals surface area (Å²) in [6.45, 7) is 9.49. The van der Waals surface area contributed by atoms with Crippen molar-refractivity contribution in [3.63, 3.8) is 0 Å². The van der Waals surface area contributed by atoms with Gasteiger partial charge in [0, 0.05) is 16.6 Å². The largest absolute Gasteiger partial charge is 0.307 e. The fourth-order valence-electron chi connectivity index (χ4n) is 3.60. The molecule has 0 aromatic heterocycles. The molecular weight excluding hydrogens is 322 g/mol. The first-order valence-corrected chi connectivity index (χ1v) is 9.24. The van der Waals surface area contributed by atoms with Crippen molar-refractivity contribution < 1.29 is 0 Å². The summed E-state index contributed by atoms with van der Waals surface area (Å²) < 4.78 is 1.21. The average Bonchev–Trinajstić information content (AvgIpc) is 2.48. The summed E-state index contributed by atoms with van der Waals surface area (Å²) >= 11 is 3.67. The lowest BCUT2D eigenvalue weighted by Gasteiger charge is -2.39. The minimum absolute atomic E-state index is 0.418. The molecule has 0 heterocycles. The molecule has 2 rings (SSSR count). The molecule has 1 nitrogen and oxygen atoms in total. The van der Waals surface area contributed by atoms with Gasteiger partial charge in [0.05, 0.1) is 0 Å². The molecule has 0 amide bonds. The zero-order valence-corrected chi connectivity index (χ0v) is 15.5. The summed E-state index contributed by atoms with van der Waals surface area (Å²) in [5.74, 6) is 0.902. The van der Waals surface area contributed by atoms with Gasteiger partial charge in [0.25, 0.3) is 0 Å². The number of nitrogens with one attached hydrogen (secondary N) is 1. The van der Waals surface area contributed by atoms with E-state index in [4.69, 9.17) is 0 Å². The highest BCUT2D eigenvalue weighted by atomic mass is 79.9. The second-order valence-electron chi connectivity index (χ2n) is 7.30. The van der Waals surface area contributed by atoms with Crippen LogP contribution in [0, 0.1) is 11.3 Å². The van der Waals surface area contributed by atoms with E-state index >= 15 is 0 Å². The van der Waals surface area contributed by atoms with Gasteiger partial charge in [0.1, 0.15) is 0 Å². The maximum atomic E-state index is 3.84. The van der Waals surface area contributed by atoms with Crippen molar-refractivity contribution in [3.05, 3.63) is 34.3 Å². The zero-order valence-electron chi connectivity index (χ0n) is 14.0. The molecule has 0 saturated heterocycles. The Balaban J connectivity index is 1.88. The first-order chi connectivity index (χ1) is 9.94. The fourth-order valence-corrected chi connectivity index (χ4v) is 4.23. The lowest BCUT2D eigenvalue weighted by Crippen LogP contribution is -2.38. The highest BCUT2D eigenvalue weighted by molar-refractivity contribution is 9.10. The SMILES string of the molecule is CCC(C)(C)C1CCC(NC(C)c2ccccc2Br)CC1. The van der Waals surface area contributed by atoms with Gasteiger partial charge in [-0.1, -0.05) is 61.3 Å². The van der Waals surface area contributed by atoms with E-state index < -0.39 is 0 Å². The Morgan fingerprint density at radius 3 is 2.38 bits per heavy atom. The van der Waals surface area contributed by atoms with Crippen LogP contribution in [0.25, 0.3) is 0 Å². The van der Waals surface area contributed by atoms with Crippen molar-refractivity contribution in [1.29, 1.82) is 0 Å². The summed E-state index contributed by atoms with van der Waals surface area (Å²) in [6.07, 6.45) is 6.69. The first-order valence-electron chi connectivity index (χ1n) is 8.44. The van der Waals surface area contributed by atoms with Crippen molar-refractivity contribution in [2.45, 2.75) is 71.9 Å². The van der Waals surface area contributed by atoms with Crippen LogP contribution in [0.5, 0.6) is 0 Å². The standard InChI is InChI=1S/C19H30BrN/c1-5-19(3,4)15-10-12-16(13-11-15)21-14(2)17-8-6-7-9-18(17)20/h6-9,14-16,21H,5,10-13H2,1-4H3. The van der Waals surface area contributed by atoms with Gasteiger partial charge in [-0.05, 0) is 55.6 Å². The summed E-state index contributed by atoms with van der Waals surface area (Å²) in [5.41, 5.74) is 1.88. The Labute approximate surface area is 139 Å². The molecule has 1 fully saturated rings. The molecule has 1 N–H and O–H groups in total. The molecule has 1 atom stereocenters. The van der Waals surface area contributed by atoms with Gasteiger partial charge >= 0.3 is 0 Å². The van der Waals surface area contributed by atoms with Gasteiger partial charge in [0.15, 0.2) is 0 Å². The molecule has 1 aromatic rings. The van der Waals surface area contributed by atoms with Gasteiger partial charge in [0.2, 0.25) is 0 Å². The monoisotopic (exact) mass is 351 g/mol. The summed E-state index contributed by atoms with van der Waals surface area (Å²) in [6, 6.07) is 9.65. The third kappa shape index (κ3) is 4.32. The number of hydrogen-bond acceptors (Lipinski definition) is 1. The Morgan fingerprint density at radius 1 is 1.19 bits per heavy atom. The number of halogens is 1. The van der Waals surface area contributed by atoms with Crippen molar-refractivity contribution in [2.24, 2.45) is 11.3 Å². The molecule has 0 bridgehead atoms. The highest BCUT2D eigenvalue weighted by Gasteiger charge is 2.32. The van der Waals surface area contributed by atoms with Crippen molar-refractivity contribution in [3.8, 4) is 0 Å². The van der Waals surface area contributed by atoms with Crippen LogP contribution in [0.2, 0.25) is 0 Å². The number of rotatable bonds is 5. The van der Waals surface area contributed by atoms with Gasteiger partial charge < -0.3 is 5.32 Å². The molecule has 1 saturated carbocycles. The number of benzene rings is 1. The third-order valence-corrected chi connectivity index (χ3v) is 6.32. The molecule has 0 radical (unpaired) electrons. The maximum absolute atomic E-state index is 3.84. The second-order valence-corrected chi connectivity index (χ2v) is 8.15. The van der Waals surface area contributed by atoms with E-state index in [1.807, 2.05) is 0 Å². The van der Waals surface area contributed by atoms with E-state index in [-0.39, 0.29) is 0 Å². The lowest BCUT2D eigenvalue weighted by molar-refractivity contribution is 0.134. The molecule has 1 aliphatic carbocycles. The third-order valence-electron chi connectivity index (χ3n) is 5.60. The van der Waals surface area contributed by atoms with Crippen LogP contribution in [0.3, 0.4) is 0 Å². The summed E-state index contributed by atoms with van der Waals surface area (Å²) in [4.78, 5) is 0. The summed E-state index contributed by atoms with van der Waals surface area (Å²) in [7, 11) is 0. The van der Waals surface area contributed by atoms with E-state index in [2.05, 4.69) is 73.2 Å². The first kappa shape index (κ1) is 17.0. The van der Waals surface area contributed by atoms with Gasteiger partial charge in [-0.25, -0.2) is 0 Å².